The Hall–Kier alpha value is -0.530. The van der Waals surface area contributed by atoms with Gasteiger partial charge in [0, 0.05) is 19.3 Å². The Kier molecular flexibility index (Phi) is 32.2. The van der Waals surface area contributed by atoms with E-state index in [-0.39, 0.29) is 0 Å². The summed E-state index contributed by atoms with van der Waals surface area (Å²) in [4.78, 5) is 0. The molecule has 0 aliphatic heterocycles. The van der Waals surface area contributed by atoms with E-state index in [2.05, 4.69) is 20.8 Å². The number of nitrogens with zero attached hydrogens (tertiary/aromatic N) is 1. The van der Waals surface area contributed by atoms with Crippen molar-refractivity contribution in [2.75, 3.05) is 6.54 Å². The highest BCUT2D eigenvalue weighted by molar-refractivity contribution is 5.79. The molecule has 0 aliphatic carbocycles. The van der Waals surface area contributed by atoms with Gasteiger partial charge in [-0.1, -0.05) is 181 Å². The Morgan fingerprint density at radius 2 is 0.579 bits per heavy atom. The predicted molar refractivity (Wildman–Crippen MR) is 174 cm³/mol. The van der Waals surface area contributed by atoms with E-state index in [4.69, 9.17) is 0 Å². The van der Waals surface area contributed by atoms with E-state index in [1.54, 1.807) is 0 Å². The highest BCUT2D eigenvalue weighted by atomic mass is 16.5. The number of rotatable bonds is 32. The third kappa shape index (κ3) is 28.5. The lowest BCUT2D eigenvalue weighted by Crippen LogP contribution is -2.17. The summed E-state index contributed by atoms with van der Waals surface area (Å²) < 4.78 is 1.42. The van der Waals surface area contributed by atoms with Crippen LogP contribution in [0.4, 0.5) is 0 Å². The minimum atomic E-state index is 0.733. The highest BCUT2D eigenvalue weighted by Crippen LogP contribution is 2.16. The summed E-state index contributed by atoms with van der Waals surface area (Å²) in [6.45, 7) is 7.59. The van der Waals surface area contributed by atoms with E-state index in [9.17, 15) is 5.21 Å². The standard InChI is InChI=1S/C36H73NO/c1-4-7-10-13-16-18-19-20-21-22-23-24-26-28-31-34-36(33-30-27-25-17-14-11-8-5-2)37(38)35-32-29-15-12-9-6-3/h4-35H2,1-3H3. The number of hydrogen-bond donors (Lipinski definition) is 0. The minimum Gasteiger partial charge on any atom is -0.624 e. The molecule has 0 aliphatic rings. The molecule has 0 atom stereocenters. The molecule has 0 bridgehead atoms. The second-order valence-electron chi connectivity index (χ2n) is 12.4. The van der Waals surface area contributed by atoms with E-state index in [1.165, 1.54) is 190 Å². The van der Waals surface area contributed by atoms with Crippen molar-refractivity contribution >= 4 is 5.71 Å². The Bertz CT molecular complexity index is 472. The molecular weight excluding hydrogens is 462 g/mol. The first-order valence-electron chi connectivity index (χ1n) is 18.1. The van der Waals surface area contributed by atoms with Gasteiger partial charge in [-0.3, -0.25) is 0 Å². The van der Waals surface area contributed by atoms with Crippen LogP contribution in [0.25, 0.3) is 0 Å². The molecule has 0 amide bonds. The average molecular weight is 536 g/mol. The lowest BCUT2D eigenvalue weighted by Gasteiger charge is -2.12. The SMILES string of the molecule is CCCCCCCCCCCCCCCCCC(CCCCCCCCCC)=[N+]([O-])CCCCCCCC. The topological polar surface area (TPSA) is 26.1 Å². The van der Waals surface area contributed by atoms with Gasteiger partial charge in [0.05, 0.1) is 0 Å². The monoisotopic (exact) mass is 536 g/mol. The summed E-state index contributed by atoms with van der Waals surface area (Å²) in [5, 5.41) is 12.9. The van der Waals surface area contributed by atoms with Crippen molar-refractivity contribution < 1.29 is 4.74 Å². The Labute approximate surface area is 241 Å². The van der Waals surface area contributed by atoms with Crippen LogP contribution in [0.15, 0.2) is 0 Å². The molecule has 2 heteroatoms. The molecule has 0 rings (SSSR count). The van der Waals surface area contributed by atoms with Crippen molar-refractivity contribution in [2.45, 2.75) is 220 Å². The van der Waals surface area contributed by atoms with Gasteiger partial charge in [-0.05, 0) is 19.3 Å². The second kappa shape index (κ2) is 32.7. The molecule has 0 aromatic carbocycles. The largest absolute Gasteiger partial charge is 0.624 e. The van der Waals surface area contributed by atoms with Crippen LogP contribution in [-0.4, -0.2) is 17.0 Å². The van der Waals surface area contributed by atoms with Crippen LogP contribution in [0.2, 0.25) is 0 Å². The van der Waals surface area contributed by atoms with Gasteiger partial charge in [-0.2, -0.15) is 0 Å². The Balaban J connectivity index is 3.98. The van der Waals surface area contributed by atoms with Crippen molar-refractivity contribution in [3.8, 4) is 0 Å². The molecule has 38 heavy (non-hydrogen) atoms. The van der Waals surface area contributed by atoms with Gasteiger partial charge in [-0.25, -0.2) is 4.74 Å². The summed E-state index contributed by atoms with van der Waals surface area (Å²) in [6, 6.07) is 0. The molecule has 0 aromatic heterocycles. The third-order valence-corrected chi connectivity index (χ3v) is 8.46. The summed E-state index contributed by atoms with van der Waals surface area (Å²) in [7, 11) is 0. The van der Waals surface area contributed by atoms with Crippen molar-refractivity contribution in [2.24, 2.45) is 0 Å². The van der Waals surface area contributed by atoms with Crippen LogP contribution >= 0.6 is 0 Å². The van der Waals surface area contributed by atoms with E-state index < -0.39 is 0 Å². The lowest BCUT2D eigenvalue weighted by atomic mass is 10.0. The van der Waals surface area contributed by atoms with Gasteiger partial charge in [0.2, 0.25) is 0 Å². The molecule has 0 saturated carbocycles. The van der Waals surface area contributed by atoms with Gasteiger partial charge in [0.1, 0.15) is 0 Å². The zero-order valence-electron chi connectivity index (χ0n) is 27.0. The lowest BCUT2D eigenvalue weighted by molar-refractivity contribution is -0.461. The van der Waals surface area contributed by atoms with Gasteiger partial charge < -0.3 is 5.21 Å². The predicted octanol–water partition coefficient (Wildman–Crippen LogP) is 13.1. The van der Waals surface area contributed by atoms with E-state index >= 15 is 0 Å². The Morgan fingerprint density at radius 3 is 0.868 bits per heavy atom. The van der Waals surface area contributed by atoms with Crippen molar-refractivity contribution in [1.82, 2.24) is 0 Å². The smallest absolute Gasteiger partial charge is 0.163 e. The molecule has 0 radical (unpaired) electrons. The number of unbranched alkanes of at least 4 members (excludes halogenated alkanes) is 26. The zero-order valence-corrected chi connectivity index (χ0v) is 27.0. The fourth-order valence-corrected chi connectivity index (χ4v) is 5.73. The first-order valence-corrected chi connectivity index (χ1v) is 18.1. The maximum absolute atomic E-state index is 12.9. The maximum atomic E-state index is 12.9. The maximum Gasteiger partial charge on any atom is 0.163 e. The fraction of sp³-hybridized carbons (Fsp3) is 0.972. The van der Waals surface area contributed by atoms with Crippen LogP contribution in [0.3, 0.4) is 0 Å². The zero-order chi connectivity index (χ0) is 27.8. The molecule has 0 N–H and O–H groups in total. The van der Waals surface area contributed by atoms with Crippen LogP contribution in [0, 0.1) is 5.21 Å². The number of hydrogen-bond acceptors (Lipinski definition) is 1. The van der Waals surface area contributed by atoms with Crippen LogP contribution in [0.5, 0.6) is 0 Å². The quantitative estimate of drug-likeness (QED) is 0.0276. The van der Waals surface area contributed by atoms with Gasteiger partial charge >= 0.3 is 0 Å². The highest BCUT2D eigenvalue weighted by Gasteiger charge is 2.10. The van der Waals surface area contributed by atoms with E-state index in [1.807, 2.05) is 0 Å². The molecule has 0 unspecified atom stereocenters. The van der Waals surface area contributed by atoms with Crippen LogP contribution in [0.1, 0.15) is 220 Å². The molecule has 0 fully saturated rings. The molecule has 228 valence electrons. The Morgan fingerprint density at radius 1 is 0.342 bits per heavy atom. The van der Waals surface area contributed by atoms with Crippen molar-refractivity contribution in [3.63, 3.8) is 0 Å². The second-order valence-corrected chi connectivity index (χ2v) is 12.4. The molecule has 0 saturated heterocycles. The van der Waals surface area contributed by atoms with E-state index in [0.717, 1.165) is 25.8 Å². The fourth-order valence-electron chi connectivity index (χ4n) is 5.73. The molecular formula is C36H73NO. The number of hydroxylamine groups is 1. The first kappa shape index (κ1) is 37.5. The molecule has 0 aromatic rings. The van der Waals surface area contributed by atoms with Gasteiger partial charge in [0.15, 0.2) is 12.3 Å². The van der Waals surface area contributed by atoms with E-state index in [0.29, 0.717) is 0 Å². The average Bonchev–Trinajstić information content (AvgIpc) is 2.92. The summed E-state index contributed by atoms with van der Waals surface area (Å²) in [5.74, 6) is 0. The third-order valence-electron chi connectivity index (χ3n) is 8.46. The normalized spacial score (nSPS) is 12.3. The summed E-state index contributed by atoms with van der Waals surface area (Å²) in [6.07, 6.45) is 41.5. The summed E-state index contributed by atoms with van der Waals surface area (Å²) >= 11 is 0. The minimum absolute atomic E-state index is 0.733. The molecule has 2 nitrogen and oxygen atoms in total. The van der Waals surface area contributed by atoms with Crippen LogP contribution in [-0.2, 0) is 0 Å². The van der Waals surface area contributed by atoms with Crippen LogP contribution < -0.4 is 0 Å². The molecule has 0 heterocycles. The van der Waals surface area contributed by atoms with Crippen molar-refractivity contribution in [1.29, 1.82) is 0 Å². The van der Waals surface area contributed by atoms with Gasteiger partial charge in [-0.15, -0.1) is 0 Å². The summed E-state index contributed by atoms with van der Waals surface area (Å²) in [5.41, 5.74) is 1.22. The molecule has 0 spiro atoms. The first-order chi connectivity index (χ1) is 18.8. The van der Waals surface area contributed by atoms with Gasteiger partial charge in [0.25, 0.3) is 0 Å². The van der Waals surface area contributed by atoms with Crippen molar-refractivity contribution in [3.05, 3.63) is 5.21 Å².